The number of anilines is 1. The fourth-order valence-electron chi connectivity index (χ4n) is 4.13. The topological polar surface area (TPSA) is 106 Å². The highest BCUT2D eigenvalue weighted by Gasteiger charge is 2.27. The number of rotatable bonds is 7. The lowest BCUT2D eigenvalue weighted by Gasteiger charge is -2.26. The van der Waals surface area contributed by atoms with E-state index in [4.69, 9.17) is 4.74 Å². The molecule has 0 saturated carbocycles. The number of para-hydroxylation sites is 1. The molecule has 1 fully saturated rings. The number of hydrogen-bond donors (Lipinski definition) is 1. The molecule has 0 bridgehead atoms. The van der Waals surface area contributed by atoms with Gasteiger partial charge in [0.25, 0.3) is 0 Å². The van der Waals surface area contributed by atoms with Crippen molar-refractivity contribution in [2.24, 2.45) is 0 Å². The van der Waals surface area contributed by atoms with E-state index in [1.54, 1.807) is 18.2 Å². The van der Waals surface area contributed by atoms with Crippen LogP contribution >= 0.6 is 11.3 Å². The largest absolute Gasteiger partial charge is 0.379 e. The highest BCUT2D eigenvalue weighted by Crippen LogP contribution is 2.26. The average Bonchev–Trinajstić information content (AvgIpc) is 3.42. The standard InChI is InChI=1S/C23H25N5O4S2/c1-2-28-19-8-7-16(34(30,31)27-11-13-32-14-12-27)15-18(19)24-21(28)9-10-22(29)26-23-25-17-5-3-4-6-20(17)33-23/h3-8,15H,2,9-14H2,1H3,(H,25,26,29). The van der Waals surface area contributed by atoms with Gasteiger partial charge in [0.15, 0.2) is 5.13 Å². The minimum atomic E-state index is -3.60. The van der Waals surface area contributed by atoms with Gasteiger partial charge in [-0.15, -0.1) is 0 Å². The number of morpholine rings is 1. The number of thiazole rings is 1. The summed E-state index contributed by atoms with van der Waals surface area (Å²) in [5.41, 5.74) is 2.32. The monoisotopic (exact) mass is 499 g/mol. The van der Waals surface area contributed by atoms with Crippen molar-refractivity contribution in [3.8, 4) is 0 Å². The molecule has 1 aliphatic heterocycles. The second kappa shape index (κ2) is 9.41. The number of aromatic nitrogens is 3. The van der Waals surface area contributed by atoms with Gasteiger partial charge in [-0.3, -0.25) is 4.79 Å². The van der Waals surface area contributed by atoms with Crippen molar-refractivity contribution in [2.75, 3.05) is 31.6 Å². The number of ether oxygens (including phenoxy) is 1. The zero-order valence-corrected chi connectivity index (χ0v) is 20.4. The summed E-state index contributed by atoms with van der Waals surface area (Å²) < 4.78 is 35.8. The number of imidazole rings is 1. The summed E-state index contributed by atoms with van der Waals surface area (Å²) >= 11 is 1.44. The zero-order valence-electron chi connectivity index (χ0n) is 18.7. The Morgan fingerprint density at radius 2 is 1.91 bits per heavy atom. The third-order valence-corrected chi connectivity index (χ3v) is 8.69. The predicted octanol–water partition coefficient (Wildman–Crippen LogP) is 3.26. The molecule has 1 saturated heterocycles. The summed E-state index contributed by atoms with van der Waals surface area (Å²) in [6, 6.07) is 12.8. The van der Waals surface area contributed by atoms with Gasteiger partial charge in [-0.05, 0) is 37.3 Å². The summed E-state index contributed by atoms with van der Waals surface area (Å²) in [5, 5.41) is 3.45. The van der Waals surface area contributed by atoms with Crippen molar-refractivity contribution in [3.63, 3.8) is 0 Å². The van der Waals surface area contributed by atoms with Crippen LogP contribution in [-0.2, 0) is 32.5 Å². The summed E-state index contributed by atoms with van der Waals surface area (Å²) in [6.45, 7) is 4.16. The van der Waals surface area contributed by atoms with E-state index < -0.39 is 10.0 Å². The smallest absolute Gasteiger partial charge is 0.243 e. The van der Waals surface area contributed by atoms with E-state index in [1.807, 2.05) is 35.8 Å². The molecule has 9 nitrogen and oxygen atoms in total. The van der Waals surface area contributed by atoms with Crippen LogP contribution in [0.1, 0.15) is 19.2 Å². The van der Waals surface area contributed by atoms with Crippen molar-refractivity contribution < 1.29 is 17.9 Å². The molecule has 0 aliphatic carbocycles. The van der Waals surface area contributed by atoms with Crippen LogP contribution in [0.4, 0.5) is 5.13 Å². The number of hydrogen-bond acceptors (Lipinski definition) is 7. The van der Waals surface area contributed by atoms with Crippen molar-refractivity contribution >= 4 is 53.6 Å². The Bertz CT molecular complexity index is 1420. The molecule has 2 aromatic carbocycles. The van der Waals surface area contributed by atoms with Crippen molar-refractivity contribution in [1.82, 2.24) is 18.8 Å². The summed E-state index contributed by atoms with van der Waals surface area (Å²) in [6.07, 6.45) is 0.684. The maximum Gasteiger partial charge on any atom is 0.243 e. The molecule has 34 heavy (non-hydrogen) atoms. The number of fused-ring (bicyclic) bond motifs is 2. The Hall–Kier alpha value is -2.86. The van der Waals surface area contributed by atoms with Gasteiger partial charge in [-0.25, -0.2) is 18.4 Å². The van der Waals surface area contributed by atoms with E-state index in [0.717, 1.165) is 21.6 Å². The van der Waals surface area contributed by atoms with Gasteiger partial charge in [0.05, 0.1) is 39.4 Å². The zero-order chi connectivity index (χ0) is 23.7. The third kappa shape index (κ3) is 4.43. The highest BCUT2D eigenvalue weighted by molar-refractivity contribution is 7.89. The SMILES string of the molecule is CCn1c(CCC(=O)Nc2nc3ccccc3s2)nc2cc(S(=O)(=O)N3CCOCC3)ccc21. The van der Waals surface area contributed by atoms with Crippen LogP contribution < -0.4 is 5.32 Å². The molecule has 2 aromatic heterocycles. The number of sulfonamides is 1. The molecular weight excluding hydrogens is 474 g/mol. The number of nitrogens with one attached hydrogen (secondary N) is 1. The summed E-state index contributed by atoms with van der Waals surface area (Å²) in [5.74, 6) is 0.613. The lowest BCUT2D eigenvalue weighted by molar-refractivity contribution is -0.116. The van der Waals surface area contributed by atoms with Crippen molar-refractivity contribution in [2.45, 2.75) is 31.2 Å². The summed E-state index contributed by atoms with van der Waals surface area (Å²) in [7, 11) is -3.60. The predicted molar refractivity (Wildman–Crippen MR) is 132 cm³/mol. The molecule has 5 rings (SSSR count). The van der Waals surface area contributed by atoms with Gasteiger partial charge in [-0.1, -0.05) is 23.5 Å². The van der Waals surface area contributed by atoms with Gasteiger partial charge in [0.1, 0.15) is 5.82 Å². The fourth-order valence-corrected chi connectivity index (χ4v) is 6.44. The molecule has 4 aromatic rings. The summed E-state index contributed by atoms with van der Waals surface area (Å²) in [4.78, 5) is 21.9. The second-order valence-corrected chi connectivity index (χ2v) is 10.9. The van der Waals surface area contributed by atoms with E-state index in [0.29, 0.717) is 49.9 Å². The van der Waals surface area contributed by atoms with Crippen molar-refractivity contribution in [3.05, 3.63) is 48.3 Å². The minimum absolute atomic E-state index is 0.135. The molecule has 11 heteroatoms. The molecule has 1 amide bonds. The third-order valence-electron chi connectivity index (χ3n) is 5.84. The van der Waals surface area contributed by atoms with Gasteiger partial charge in [-0.2, -0.15) is 4.31 Å². The van der Waals surface area contributed by atoms with Crippen LogP contribution in [0.5, 0.6) is 0 Å². The van der Waals surface area contributed by atoms with Crippen LogP contribution in [0, 0.1) is 0 Å². The minimum Gasteiger partial charge on any atom is -0.379 e. The quantitative estimate of drug-likeness (QED) is 0.418. The molecule has 1 N–H and O–H groups in total. The Balaban J connectivity index is 1.33. The second-order valence-electron chi connectivity index (χ2n) is 7.97. The first-order valence-corrected chi connectivity index (χ1v) is 13.4. The Labute approximate surface area is 201 Å². The normalized spacial score (nSPS) is 15.2. The molecular formula is C23H25N5O4S2. The van der Waals surface area contributed by atoms with E-state index in [2.05, 4.69) is 15.3 Å². The molecule has 0 radical (unpaired) electrons. The molecule has 0 atom stereocenters. The van der Waals surface area contributed by atoms with Crippen LogP contribution in [-0.4, -0.2) is 59.5 Å². The van der Waals surface area contributed by atoms with E-state index in [9.17, 15) is 13.2 Å². The van der Waals surface area contributed by atoms with Crippen LogP contribution in [0.15, 0.2) is 47.4 Å². The molecule has 1 aliphatic rings. The first-order chi connectivity index (χ1) is 16.5. The number of nitrogens with zero attached hydrogens (tertiary/aromatic N) is 4. The number of amides is 1. The lowest BCUT2D eigenvalue weighted by Crippen LogP contribution is -2.40. The number of aryl methyl sites for hydroxylation is 2. The molecule has 178 valence electrons. The molecule has 0 unspecified atom stereocenters. The van der Waals surface area contributed by atoms with E-state index >= 15 is 0 Å². The highest BCUT2D eigenvalue weighted by atomic mass is 32.2. The van der Waals surface area contributed by atoms with Gasteiger partial charge < -0.3 is 14.6 Å². The van der Waals surface area contributed by atoms with Crippen LogP contribution in [0.25, 0.3) is 21.3 Å². The Kier molecular flexibility index (Phi) is 6.34. The first-order valence-electron chi connectivity index (χ1n) is 11.2. The van der Waals surface area contributed by atoms with Gasteiger partial charge in [0, 0.05) is 32.5 Å². The van der Waals surface area contributed by atoms with Gasteiger partial charge in [0.2, 0.25) is 15.9 Å². The Morgan fingerprint density at radius 3 is 2.68 bits per heavy atom. The first kappa shape index (κ1) is 22.9. The van der Waals surface area contributed by atoms with Crippen LogP contribution in [0.3, 0.4) is 0 Å². The maximum atomic E-state index is 13.0. The van der Waals surface area contributed by atoms with Crippen molar-refractivity contribution in [1.29, 1.82) is 0 Å². The van der Waals surface area contributed by atoms with E-state index in [-0.39, 0.29) is 17.2 Å². The van der Waals surface area contributed by atoms with E-state index in [1.165, 1.54) is 15.6 Å². The molecule has 3 heterocycles. The lowest BCUT2D eigenvalue weighted by atomic mass is 10.3. The van der Waals surface area contributed by atoms with Gasteiger partial charge >= 0.3 is 0 Å². The average molecular weight is 500 g/mol. The molecule has 0 spiro atoms. The number of carbonyl (C=O) groups excluding carboxylic acids is 1. The number of carbonyl (C=O) groups is 1. The maximum absolute atomic E-state index is 13.0. The fraction of sp³-hybridized carbons (Fsp3) is 0.348. The Morgan fingerprint density at radius 1 is 1.12 bits per heavy atom. The number of benzene rings is 2. The van der Waals surface area contributed by atoms with Crippen LogP contribution in [0.2, 0.25) is 0 Å².